The third-order valence-electron chi connectivity index (χ3n) is 4.82. The van der Waals surface area contributed by atoms with E-state index in [9.17, 15) is 9.59 Å². The summed E-state index contributed by atoms with van der Waals surface area (Å²) in [7, 11) is 3.91. The van der Waals surface area contributed by atoms with Crippen LogP contribution in [0.15, 0.2) is 29.6 Å². The van der Waals surface area contributed by atoms with E-state index in [-0.39, 0.29) is 18.4 Å². The molecule has 0 unspecified atom stereocenters. The van der Waals surface area contributed by atoms with Gasteiger partial charge >= 0.3 is 0 Å². The Hall–Kier alpha value is -2.25. The van der Waals surface area contributed by atoms with Gasteiger partial charge in [-0.15, -0.1) is 11.3 Å². The number of anilines is 1. The van der Waals surface area contributed by atoms with Crippen LogP contribution in [0.25, 0.3) is 0 Å². The highest BCUT2D eigenvalue weighted by atomic mass is 32.1. The molecule has 0 fully saturated rings. The molecule has 0 aliphatic carbocycles. The lowest BCUT2D eigenvalue weighted by Crippen LogP contribution is -2.41. The summed E-state index contributed by atoms with van der Waals surface area (Å²) in [5.41, 5.74) is 2.73. The Morgan fingerprint density at radius 1 is 1.07 bits per heavy atom. The second-order valence-corrected chi connectivity index (χ2v) is 8.74. The first-order chi connectivity index (χ1) is 14.4. The number of thiazole rings is 1. The van der Waals surface area contributed by atoms with Crippen LogP contribution in [0.2, 0.25) is 0 Å². The van der Waals surface area contributed by atoms with Crippen LogP contribution in [-0.4, -0.2) is 60.3 Å². The minimum absolute atomic E-state index is 0.00404. The number of nitrogens with one attached hydrogen (secondary N) is 1. The number of benzene rings is 1. The first-order valence-electron chi connectivity index (χ1n) is 10.6. The third kappa shape index (κ3) is 8.24. The Morgan fingerprint density at radius 3 is 2.40 bits per heavy atom. The predicted octanol–water partition coefficient (Wildman–Crippen LogP) is 4.22. The number of aromatic nitrogens is 1. The normalized spacial score (nSPS) is 11.0. The lowest BCUT2D eigenvalue weighted by atomic mass is 10.0. The van der Waals surface area contributed by atoms with Crippen LogP contribution >= 0.6 is 11.3 Å². The smallest absolute Gasteiger partial charge is 0.254 e. The number of amides is 2. The zero-order valence-corrected chi connectivity index (χ0v) is 19.4. The van der Waals surface area contributed by atoms with E-state index >= 15 is 0 Å². The molecule has 7 heteroatoms. The summed E-state index contributed by atoms with van der Waals surface area (Å²) in [6.07, 6.45) is 5.94. The van der Waals surface area contributed by atoms with Gasteiger partial charge < -0.3 is 15.1 Å². The molecule has 164 valence electrons. The van der Waals surface area contributed by atoms with Gasteiger partial charge in [-0.1, -0.05) is 38.3 Å². The first kappa shape index (κ1) is 24.0. The Balaban J connectivity index is 2.00. The predicted molar refractivity (Wildman–Crippen MR) is 124 cm³/mol. The van der Waals surface area contributed by atoms with Crippen LogP contribution in [0, 0.1) is 6.92 Å². The topological polar surface area (TPSA) is 65.5 Å². The van der Waals surface area contributed by atoms with Crippen LogP contribution < -0.4 is 5.32 Å². The van der Waals surface area contributed by atoms with Gasteiger partial charge in [-0.05, 0) is 51.6 Å². The molecule has 0 aliphatic heterocycles. The van der Waals surface area contributed by atoms with Crippen molar-refractivity contribution >= 4 is 28.3 Å². The molecule has 6 nitrogen and oxygen atoms in total. The number of carbonyl (C=O) groups is 2. The second-order valence-electron chi connectivity index (χ2n) is 7.88. The van der Waals surface area contributed by atoms with Crippen molar-refractivity contribution in [3.8, 4) is 0 Å². The van der Waals surface area contributed by atoms with Gasteiger partial charge in [-0.3, -0.25) is 9.59 Å². The van der Waals surface area contributed by atoms with Crippen molar-refractivity contribution < 1.29 is 9.59 Å². The van der Waals surface area contributed by atoms with Crippen LogP contribution in [0.1, 0.15) is 54.2 Å². The highest BCUT2D eigenvalue weighted by Gasteiger charge is 2.19. The zero-order chi connectivity index (χ0) is 21.9. The molecule has 0 spiro atoms. The molecule has 30 heavy (non-hydrogen) atoms. The molecule has 0 atom stereocenters. The number of nitrogens with zero attached hydrogens (tertiary/aromatic N) is 3. The van der Waals surface area contributed by atoms with Gasteiger partial charge in [0.2, 0.25) is 5.91 Å². The van der Waals surface area contributed by atoms with Crippen LogP contribution in [0.5, 0.6) is 0 Å². The van der Waals surface area contributed by atoms with E-state index in [2.05, 4.69) is 17.2 Å². The molecule has 0 aliphatic rings. The number of carbonyl (C=O) groups excluding carboxylic acids is 2. The molecule has 0 radical (unpaired) electrons. The largest absolute Gasteiger partial charge is 0.328 e. The quantitative estimate of drug-likeness (QED) is 0.512. The fourth-order valence-corrected chi connectivity index (χ4v) is 3.77. The molecule has 0 bridgehead atoms. The Labute approximate surface area is 184 Å². The van der Waals surface area contributed by atoms with E-state index in [1.54, 1.807) is 4.90 Å². The van der Waals surface area contributed by atoms with Crippen molar-refractivity contribution in [3.63, 3.8) is 0 Å². The molecule has 1 heterocycles. The molecular formula is C23H34N4O2S. The van der Waals surface area contributed by atoms with Gasteiger partial charge in [0.1, 0.15) is 6.54 Å². The van der Waals surface area contributed by atoms with Crippen molar-refractivity contribution in [1.82, 2.24) is 14.8 Å². The van der Waals surface area contributed by atoms with E-state index in [1.807, 2.05) is 55.6 Å². The van der Waals surface area contributed by atoms with Gasteiger partial charge in [0, 0.05) is 24.0 Å². The van der Waals surface area contributed by atoms with E-state index in [4.69, 9.17) is 0 Å². The highest BCUT2D eigenvalue weighted by Crippen LogP contribution is 2.15. The molecule has 1 aromatic heterocycles. The first-order valence-corrected chi connectivity index (χ1v) is 11.5. The second kappa shape index (κ2) is 12.4. The fraction of sp³-hybridized carbons (Fsp3) is 0.522. The minimum atomic E-state index is -0.232. The molecule has 0 saturated heterocycles. The van der Waals surface area contributed by atoms with Gasteiger partial charge in [0.15, 0.2) is 5.13 Å². The average Bonchev–Trinajstić information content (AvgIpc) is 3.12. The Kier molecular flexibility index (Phi) is 9.97. The maximum absolute atomic E-state index is 13.1. The highest BCUT2D eigenvalue weighted by molar-refractivity contribution is 7.13. The molecule has 1 aromatic carbocycles. The molecule has 2 aromatic rings. The number of aryl methyl sites for hydroxylation is 2. The van der Waals surface area contributed by atoms with Gasteiger partial charge in [0.25, 0.3) is 5.91 Å². The third-order valence-corrected chi connectivity index (χ3v) is 5.70. The number of hydrogen-bond donors (Lipinski definition) is 1. The van der Waals surface area contributed by atoms with Crippen molar-refractivity contribution in [2.75, 3.05) is 39.0 Å². The van der Waals surface area contributed by atoms with Crippen LogP contribution in [-0.2, 0) is 11.2 Å². The van der Waals surface area contributed by atoms with Crippen molar-refractivity contribution in [1.29, 1.82) is 0 Å². The van der Waals surface area contributed by atoms with E-state index in [1.165, 1.54) is 42.6 Å². The number of hydrogen-bond acceptors (Lipinski definition) is 5. The lowest BCUT2D eigenvalue weighted by molar-refractivity contribution is -0.116. The molecule has 2 rings (SSSR count). The Morgan fingerprint density at radius 2 is 1.80 bits per heavy atom. The van der Waals surface area contributed by atoms with Crippen molar-refractivity contribution in [2.45, 2.75) is 46.0 Å². The maximum Gasteiger partial charge on any atom is 0.254 e. The van der Waals surface area contributed by atoms with E-state index in [0.717, 1.165) is 12.1 Å². The van der Waals surface area contributed by atoms with Crippen molar-refractivity contribution in [3.05, 3.63) is 46.5 Å². The summed E-state index contributed by atoms with van der Waals surface area (Å²) >= 11 is 1.38. The minimum Gasteiger partial charge on any atom is -0.328 e. The maximum atomic E-state index is 13.1. The number of rotatable bonds is 12. The monoisotopic (exact) mass is 430 g/mol. The summed E-state index contributed by atoms with van der Waals surface area (Å²) < 4.78 is 0. The summed E-state index contributed by atoms with van der Waals surface area (Å²) in [4.78, 5) is 33.4. The SMILES string of the molecule is CCCCCCc1ccc(C(=O)N(CCN(C)C)CC(=O)Nc2nc(C)cs2)cc1. The molecule has 1 N–H and O–H groups in total. The van der Waals surface area contributed by atoms with Crippen LogP contribution in [0.4, 0.5) is 5.13 Å². The standard InChI is InChI=1S/C23H34N4O2S/c1-5-6-7-8-9-19-10-12-20(13-11-19)22(29)27(15-14-26(3)4)16-21(28)25-23-24-18(2)17-30-23/h10-13,17H,5-9,14-16H2,1-4H3,(H,24,25,28). The molecule has 0 saturated carbocycles. The summed E-state index contributed by atoms with van der Waals surface area (Å²) in [6, 6.07) is 7.81. The molecular weight excluding hydrogens is 396 g/mol. The van der Waals surface area contributed by atoms with Gasteiger partial charge in [0.05, 0.1) is 5.69 Å². The zero-order valence-electron chi connectivity index (χ0n) is 18.6. The van der Waals surface area contributed by atoms with Crippen molar-refractivity contribution in [2.24, 2.45) is 0 Å². The van der Waals surface area contributed by atoms with Crippen LogP contribution in [0.3, 0.4) is 0 Å². The summed E-state index contributed by atoms with van der Waals surface area (Å²) in [5.74, 6) is -0.358. The van der Waals surface area contributed by atoms with E-state index < -0.39 is 0 Å². The summed E-state index contributed by atoms with van der Waals surface area (Å²) in [6.45, 7) is 5.26. The van der Waals surface area contributed by atoms with E-state index in [0.29, 0.717) is 23.8 Å². The number of likely N-dealkylation sites (N-methyl/N-ethyl adjacent to an activating group) is 1. The Bertz CT molecular complexity index is 802. The average molecular weight is 431 g/mol. The lowest BCUT2D eigenvalue weighted by Gasteiger charge is -2.24. The van der Waals surface area contributed by atoms with Gasteiger partial charge in [-0.2, -0.15) is 0 Å². The summed E-state index contributed by atoms with van der Waals surface area (Å²) in [5, 5.41) is 5.23. The van der Waals surface area contributed by atoms with Gasteiger partial charge in [-0.25, -0.2) is 4.98 Å². The fourth-order valence-electron chi connectivity index (χ4n) is 3.07. The number of unbranched alkanes of at least 4 members (excludes halogenated alkanes) is 3. The molecule has 2 amide bonds.